The van der Waals surface area contributed by atoms with E-state index in [1.807, 2.05) is 75.9 Å². The van der Waals surface area contributed by atoms with Crippen LogP contribution < -0.4 is 22.2 Å². The number of benzene rings is 3. The van der Waals surface area contributed by atoms with E-state index in [1.54, 1.807) is 30.6 Å². The first kappa shape index (κ1) is 64.9. The smallest absolute Gasteiger partial charge is 0.339 e. The van der Waals surface area contributed by atoms with Gasteiger partial charge in [-0.3, -0.25) is 28.1 Å². The zero-order valence-electron chi connectivity index (χ0n) is 44.8. The number of nitrogens with zero attached hydrogens (tertiary/aromatic N) is 6. The Hall–Kier alpha value is -5.67. The highest BCUT2D eigenvalue weighted by Crippen LogP contribution is 2.61. The Labute approximate surface area is 517 Å². The Morgan fingerprint density at radius 3 is 1.58 bits per heavy atom. The van der Waals surface area contributed by atoms with Crippen LogP contribution in [0.25, 0.3) is 21.8 Å². The first-order valence-corrected chi connectivity index (χ1v) is 32.3. The van der Waals surface area contributed by atoms with E-state index < -0.39 is 11.2 Å². The van der Waals surface area contributed by atoms with Gasteiger partial charge in [-0.25, -0.2) is 24.7 Å². The lowest BCUT2D eigenvalue weighted by molar-refractivity contribution is -0.120. The van der Waals surface area contributed by atoms with Crippen LogP contribution in [0.3, 0.4) is 0 Å². The maximum atomic E-state index is 13.0. The van der Waals surface area contributed by atoms with Crippen LogP contribution in [-0.4, -0.2) is 92.2 Å². The van der Waals surface area contributed by atoms with Crippen LogP contribution in [0.1, 0.15) is 83.9 Å². The minimum atomic E-state index is -3.22. The monoisotopic (exact) mass is 1350 g/mol. The molecule has 17 nitrogen and oxygen atoms in total. The Kier molecular flexibility index (Phi) is 23.0. The van der Waals surface area contributed by atoms with Crippen LogP contribution in [0.15, 0.2) is 122 Å². The molecule has 0 radical (unpaired) electrons. The summed E-state index contributed by atoms with van der Waals surface area (Å²) >= 11 is 20.5. The molecular formula is C59H59Br2Cl4N8O9P. The number of carbonyl (C=O) groups is 2. The van der Waals surface area contributed by atoms with Gasteiger partial charge in [0.15, 0.2) is 0 Å². The molecule has 3 spiro atoms. The number of pyridine rings is 2. The number of amides is 1. The predicted octanol–water partition coefficient (Wildman–Crippen LogP) is 11.4. The average molecular weight is 1360 g/mol. The Morgan fingerprint density at radius 1 is 0.663 bits per heavy atom. The number of ether oxygens (including phenoxy) is 3. The molecule has 4 saturated heterocycles. The van der Waals surface area contributed by atoms with Crippen molar-refractivity contribution in [1.82, 2.24) is 34.4 Å². The van der Waals surface area contributed by atoms with Gasteiger partial charge < -0.3 is 30.4 Å². The number of hydrogen-bond acceptors (Lipinski definition) is 13. The molecule has 13 rings (SSSR count). The van der Waals surface area contributed by atoms with Gasteiger partial charge in [-0.2, -0.15) is 0 Å². The molecule has 3 aromatic carbocycles. The van der Waals surface area contributed by atoms with Crippen LogP contribution in [0.2, 0.25) is 0 Å². The van der Waals surface area contributed by atoms with Gasteiger partial charge in [0.25, 0.3) is 11.1 Å². The van der Waals surface area contributed by atoms with Crippen molar-refractivity contribution >= 4 is 123 Å². The lowest BCUT2D eigenvalue weighted by Crippen LogP contribution is -2.32. The molecule has 0 aliphatic carbocycles. The number of rotatable bonds is 1. The quantitative estimate of drug-likeness (QED) is 0.0788. The summed E-state index contributed by atoms with van der Waals surface area (Å²) in [4.78, 5) is 64.6. The van der Waals surface area contributed by atoms with Crippen molar-refractivity contribution in [2.75, 3.05) is 51.9 Å². The van der Waals surface area contributed by atoms with Crippen LogP contribution in [0, 0.1) is 40.4 Å². The van der Waals surface area contributed by atoms with E-state index in [4.69, 9.17) is 41.4 Å². The van der Waals surface area contributed by atoms with Gasteiger partial charge in [0, 0.05) is 117 Å². The Bertz CT molecular complexity index is 3720. The summed E-state index contributed by atoms with van der Waals surface area (Å²) in [6, 6.07) is 27.1. The molecule has 0 bridgehead atoms. The zero-order chi connectivity index (χ0) is 58.5. The van der Waals surface area contributed by atoms with Gasteiger partial charge in [0.2, 0.25) is 5.91 Å². The minimum Gasteiger partial charge on any atom is -0.478 e. The number of nitrogens with two attached hydrogens (primary N) is 1. The van der Waals surface area contributed by atoms with E-state index in [2.05, 4.69) is 98.6 Å². The van der Waals surface area contributed by atoms with E-state index in [0.29, 0.717) is 16.5 Å². The molecular weight excluding hydrogens is 1300 g/mol. The SMILES string of the molecule is C#Cc1ccccn1.Cl.Nc1cc(Br)ccc1C(=O)O.O=C1CC2(CCOCC2)CN1.O=P(Cl)(Cl)Cl.O=c1c2ccc(Br)cc2nc2n1CC1(CCOCC1)C2.O=c1c2ccc(C#Cc3ccccn3)cc2nc2n1CC1(CCOCC1)C2. The molecule has 0 unspecified atom stereocenters. The van der Waals surface area contributed by atoms with Crippen molar-refractivity contribution in [3.8, 4) is 24.2 Å². The largest absolute Gasteiger partial charge is 0.478 e. The van der Waals surface area contributed by atoms with Crippen molar-refractivity contribution < 1.29 is 33.5 Å². The zero-order valence-corrected chi connectivity index (χ0v) is 52.0. The number of anilines is 1. The number of carbonyl (C=O) groups excluding carboxylic acids is 1. The average Bonchev–Trinajstić information content (AvgIpc) is 4.07. The van der Waals surface area contributed by atoms with Crippen molar-refractivity contribution in [1.29, 1.82) is 0 Å². The number of aromatic nitrogens is 6. The van der Waals surface area contributed by atoms with Crippen LogP contribution >= 0.6 is 83.2 Å². The third-order valence-electron chi connectivity index (χ3n) is 15.0. The topological polar surface area (TPSA) is 233 Å². The third kappa shape index (κ3) is 17.9. The minimum absolute atomic E-state index is 0. The molecule has 0 atom stereocenters. The Balaban J connectivity index is 0.000000155. The predicted molar refractivity (Wildman–Crippen MR) is 333 cm³/mol. The number of carboxylic acid groups (broad SMARTS) is 1. The molecule has 6 aliphatic rings. The first-order valence-electron chi connectivity index (χ1n) is 26.3. The second-order valence-corrected chi connectivity index (χ2v) is 29.1. The molecule has 4 aromatic heterocycles. The maximum Gasteiger partial charge on any atom is 0.339 e. The number of fused-ring (bicyclic) bond motifs is 4. The standard InChI is InChI=1S/C22H19N3O2.C15H15BrN2O2.C8H13NO2.C7H6BrNO2.C7H5N.Cl3OP.ClH/c26-21-18-7-5-16(4-6-17-3-1-2-10-23-17)13-19(18)24-20-14-22(15-25(20)21)8-11-27-12-9-22;16-10-1-2-11-12(7-10)17-13-8-15(3-5-20-6-4-15)9-18(13)14(11)19;10-7-5-8(6-9-7)1-3-11-4-2-8;8-4-1-2-5(7(10)11)6(9)3-4;1-2-7-5-3-4-6-8-7;1-5(2,3)4;/h1-3,5,7,10,13H,8-9,11-12,14-15H2;1-2,7H,3-6,8-9H2;1-6H2,(H,9,10);1-3H,9H2,(H,10,11);1,3-6H;;1H. The maximum absolute atomic E-state index is 13.0. The Morgan fingerprint density at radius 2 is 1.13 bits per heavy atom. The van der Waals surface area contributed by atoms with Gasteiger partial charge >= 0.3 is 11.2 Å². The second kappa shape index (κ2) is 29.4. The first-order chi connectivity index (χ1) is 39.2. The van der Waals surface area contributed by atoms with Crippen molar-refractivity contribution in [3.63, 3.8) is 0 Å². The molecule has 10 heterocycles. The summed E-state index contributed by atoms with van der Waals surface area (Å²) in [6.45, 7) is 7.23. The number of nitrogens with one attached hydrogen (secondary N) is 1. The molecule has 0 saturated carbocycles. The number of hydrogen-bond donors (Lipinski definition) is 3. The summed E-state index contributed by atoms with van der Waals surface area (Å²) < 4.78 is 31.2. The number of carboxylic acids is 1. The third-order valence-corrected chi connectivity index (χ3v) is 16.0. The highest BCUT2D eigenvalue weighted by molar-refractivity contribution is 9.10. The molecule has 83 heavy (non-hydrogen) atoms. The summed E-state index contributed by atoms with van der Waals surface area (Å²) in [6.07, 6.45) is 17.0. The van der Waals surface area contributed by atoms with Gasteiger partial charge in [-0.05, 0) is 168 Å². The van der Waals surface area contributed by atoms with Gasteiger partial charge in [-0.1, -0.05) is 55.8 Å². The number of nitrogen functional groups attached to an aromatic ring is 1. The lowest BCUT2D eigenvalue weighted by Gasteiger charge is -2.31. The number of aromatic carboxylic acids is 1. The van der Waals surface area contributed by atoms with E-state index in [0.717, 1.165) is 160 Å². The van der Waals surface area contributed by atoms with E-state index in [1.165, 1.54) is 6.07 Å². The number of halogens is 6. The molecule has 1 amide bonds. The normalized spacial score (nSPS) is 17.2. The highest BCUT2D eigenvalue weighted by atomic mass is 79.9. The molecule has 4 fully saturated rings. The fraction of sp³-hybridized carbons (Fsp3) is 0.356. The van der Waals surface area contributed by atoms with Gasteiger partial charge in [0.05, 0.1) is 27.4 Å². The molecule has 436 valence electrons. The van der Waals surface area contributed by atoms with Crippen LogP contribution in [-0.2, 0) is 49.5 Å². The van der Waals surface area contributed by atoms with Crippen LogP contribution in [0.4, 0.5) is 5.69 Å². The fourth-order valence-corrected chi connectivity index (χ4v) is 11.3. The highest BCUT2D eigenvalue weighted by Gasteiger charge is 2.42. The summed E-state index contributed by atoms with van der Waals surface area (Å²) in [7, 11) is 0. The molecule has 6 aliphatic heterocycles. The molecule has 24 heteroatoms. The van der Waals surface area contributed by atoms with Crippen LogP contribution in [0.5, 0.6) is 0 Å². The number of terminal acetylenes is 1. The van der Waals surface area contributed by atoms with E-state index in [9.17, 15) is 23.7 Å². The molecule has 7 aromatic rings. The lowest BCUT2D eigenvalue weighted by atomic mass is 9.79. The van der Waals surface area contributed by atoms with Gasteiger partial charge in [0.1, 0.15) is 23.0 Å². The van der Waals surface area contributed by atoms with Crippen molar-refractivity contribution in [3.05, 3.63) is 167 Å². The van der Waals surface area contributed by atoms with E-state index in [-0.39, 0.29) is 56.9 Å². The van der Waals surface area contributed by atoms with E-state index >= 15 is 0 Å². The summed E-state index contributed by atoms with van der Waals surface area (Å²) in [5, 5.41) is 9.59. The fourth-order valence-electron chi connectivity index (χ4n) is 10.6. The second-order valence-electron chi connectivity index (χ2n) is 20.6. The van der Waals surface area contributed by atoms with Gasteiger partial charge in [-0.15, -0.1) is 18.8 Å². The van der Waals surface area contributed by atoms with Crippen molar-refractivity contribution in [2.45, 2.75) is 70.9 Å². The summed E-state index contributed by atoms with van der Waals surface area (Å²) in [5.41, 5.74) is 10.3. The molecule has 4 N–H and O–H groups in total. The summed E-state index contributed by atoms with van der Waals surface area (Å²) in [5.74, 6) is 9.62. The van der Waals surface area contributed by atoms with Crippen molar-refractivity contribution in [2.24, 2.45) is 16.2 Å².